The van der Waals surface area contributed by atoms with Crippen LogP contribution in [-0.4, -0.2) is 89.6 Å². The molecule has 3 atom stereocenters. The van der Waals surface area contributed by atoms with Crippen molar-refractivity contribution in [3.05, 3.63) is 59.0 Å². The number of hydrogen-bond acceptors (Lipinski definition) is 7. The molecular formula is C33H35F6N5O4. The summed E-state index contributed by atoms with van der Waals surface area (Å²) >= 11 is 0. The predicted octanol–water partition coefficient (Wildman–Crippen LogP) is 6.23. The van der Waals surface area contributed by atoms with E-state index in [0.29, 0.717) is 53.5 Å². The van der Waals surface area contributed by atoms with E-state index in [9.17, 15) is 35.9 Å². The topological polar surface area (TPSA) is 88.1 Å². The Bertz CT molecular complexity index is 1630. The molecule has 1 aromatic heterocycles. The summed E-state index contributed by atoms with van der Waals surface area (Å²) in [5.41, 5.74) is 0.686. The number of aryl methyl sites for hydroxylation is 1. The molecule has 1 unspecified atom stereocenters. The molecule has 6 rings (SSSR count). The van der Waals surface area contributed by atoms with Crippen LogP contribution in [0.5, 0.6) is 5.75 Å². The number of likely N-dealkylation sites (tertiary alicyclic amines) is 1. The highest BCUT2D eigenvalue weighted by molar-refractivity contribution is 5.78. The first-order chi connectivity index (χ1) is 22.7. The lowest BCUT2D eigenvalue weighted by Gasteiger charge is -2.31. The van der Waals surface area contributed by atoms with E-state index in [1.54, 1.807) is 17.2 Å². The van der Waals surface area contributed by atoms with Gasteiger partial charge in [-0.15, -0.1) is 0 Å². The van der Waals surface area contributed by atoms with Crippen LogP contribution in [0.25, 0.3) is 11.1 Å². The second-order valence-corrected chi connectivity index (χ2v) is 12.5. The number of methoxy groups -OCH3 is 1. The number of halogens is 6. The molecule has 0 saturated carbocycles. The maximum absolute atomic E-state index is 13.7. The number of aromatic nitrogens is 2. The van der Waals surface area contributed by atoms with Crippen molar-refractivity contribution in [2.75, 3.05) is 38.2 Å². The molecule has 3 aliphatic heterocycles. The number of benzene rings is 1. The number of amides is 2. The Morgan fingerprint density at radius 1 is 1.06 bits per heavy atom. The van der Waals surface area contributed by atoms with Crippen molar-refractivity contribution < 1.29 is 45.4 Å². The van der Waals surface area contributed by atoms with Crippen LogP contribution >= 0.6 is 0 Å². The van der Waals surface area contributed by atoms with Crippen LogP contribution in [0.1, 0.15) is 43.9 Å². The first-order valence-electron chi connectivity index (χ1n) is 15.8. The molecule has 1 aromatic carbocycles. The van der Waals surface area contributed by atoms with E-state index in [1.807, 2.05) is 17.0 Å². The molecule has 2 aromatic rings. The molecule has 3 saturated heterocycles. The van der Waals surface area contributed by atoms with Gasteiger partial charge in [0.2, 0.25) is 11.9 Å². The summed E-state index contributed by atoms with van der Waals surface area (Å²) in [6, 6.07) is 4.57. The zero-order valence-electron chi connectivity index (χ0n) is 26.4. The maximum atomic E-state index is 13.7. The molecule has 0 spiro atoms. The molecule has 9 nitrogen and oxygen atoms in total. The molecule has 0 N–H and O–H groups in total. The minimum absolute atomic E-state index is 0.0736. The van der Waals surface area contributed by atoms with E-state index in [2.05, 4.69) is 4.98 Å². The molecule has 48 heavy (non-hydrogen) atoms. The summed E-state index contributed by atoms with van der Waals surface area (Å²) in [4.78, 5) is 40.1. The second-order valence-electron chi connectivity index (χ2n) is 12.5. The molecule has 15 heteroatoms. The molecule has 4 aliphatic rings. The van der Waals surface area contributed by atoms with E-state index >= 15 is 0 Å². The Morgan fingerprint density at radius 3 is 2.40 bits per heavy atom. The lowest BCUT2D eigenvalue weighted by Crippen LogP contribution is -2.42. The predicted molar refractivity (Wildman–Crippen MR) is 162 cm³/mol. The van der Waals surface area contributed by atoms with Gasteiger partial charge in [0, 0.05) is 55.5 Å². The van der Waals surface area contributed by atoms with Crippen molar-refractivity contribution >= 4 is 17.9 Å². The SMILES string of the molecule is COc1ccc(CCC(=O)N2CCC2)cc1-c1cnc(N2CCC2)nc1CN1C(=O)O[C@H](C2=CC(C(F)(F)F)CC(C(F)(F)F)=C2)[C@@H]1C. The number of carbonyl (C=O) groups excluding carboxylic acids is 2. The van der Waals surface area contributed by atoms with Gasteiger partial charge in [0.1, 0.15) is 11.9 Å². The number of carbonyl (C=O) groups is 2. The summed E-state index contributed by atoms with van der Waals surface area (Å²) in [5, 5.41) is 0. The van der Waals surface area contributed by atoms with E-state index in [1.165, 1.54) is 18.9 Å². The van der Waals surface area contributed by atoms with Crippen molar-refractivity contribution in [2.45, 2.75) is 70.1 Å². The fourth-order valence-corrected chi connectivity index (χ4v) is 6.26. The summed E-state index contributed by atoms with van der Waals surface area (Å²) in [6.07, 6.45) is -7.67. The third-order valence-electron chi connectivity index (χ3n) is 9.38. The third kappa shape index (κ3) is 6.81. The largest absolute Gasteiger partial charge is 0.496 e. The Kier molecular flexibility index (Phi) is 9.07. The van der Waals surface area contributed by atoms with Gasteiger partial charge in [-0.3, -0.25) is 9.69 Å². The Hall–Kier alpha value is -4.30. The Morgan fingerprint density at radius 2 is 1.79 bits per heavy atom. The maximum Gasteiger partial charge on any atom is 0.412 e. The summed E-state index contributed by atoms with van der Waals surface area (Å²) in [7, 11) is 1.50. The smallest absolute Gasteiger partial charge is 0.412 e. The minimum atomic E-state index is -4.98. The molecular weight excluding hydrogens is 644 g/mol. The monoisotopic (exact) mass is 679 g/mol. The normalized spacial score (nSPS) is 22.9. The summed E-state index contributed by atoms with van der Waals surface area (Å²) in [5.74, 6) is -1.39. The molecule has 0 radical (unpaired) electrons. The molecule has 258 valence electrons. The third-order valence-corrected chi connectivity index (χ3v) is 9.38. The van der Waals surface area contributed by atoms with E-state index in [-0.39, 0.29) is 18.0 Å². The van der Waals surface area contributed by atoms with Gasteiger partial charge in [0.05, 0.1) is 31.3 Å². The number of allylic oxidation sites excluding steroid dienone is 2. The number of rotatable bonds is 9. The quantitative estimate of drug-likeness (QED) is 0.291. The van der Waals surface area contributed by atoms with Gasteiger partial charge in [-0.2, -0.15) is 26.3 Å². The minimum Gasteiger partial charge on any atom is -0.496 e. The molecule has 2 amide bonds. The van der Waals surface area contributed by atoms with Gasteiger partial charge in [-0.25, -0.2) is 14.8 Å². The van der Waals surface area contributed by atoms with Gasteiger partial charge in [0.25, 0.3) is 0 Å². The van der Waals surface area contributed by atoms with Crippen LogP contribution in [0.4, 0.5) is 37.1 Å². The number of ether oxygens (including phenoxy) is 2. The van der Waals surface area contributed by atoms with Crippen LogP contribution in [0.2, 0.25) is 0 Å². The standard InChI is InChI=1S/C33H35F6N5O4/c1-19-29(21-14-22(32(34,35)36)16-23(15-21)33(37,38)39)48-31(46)44(19)18-26-25(17-40-30(41-26)43-11-4-12-43)24-13-20(5-7-27(24)47-2)6-8-28(45)42-9-3-10-42/h5,7,13-15,17,19,22,29H,3-4,6,8-12,16,18H2,1-2H3/t19-,22?,29-/m0/s1. The number of cyclic esters (lactones) is 1. The number of hydrogen-bond donors (Lipinski definition) is 0. The zero-order chi connectivity index (χ0) is 34.4. The molecule has 3 fully saturated rings. The first-order valence-corrected chi connectivity index (χ1v) is 15.8. The average molecular weight is 680 g/mol. The van der Waals surface area contributed by atoms with Crippen molar-refractivity contribution in [2.24, 2.45) is 5.92 Å². The van der Waals surface area contributed by atoms with Crippen molar-refractivity contribution in [3.8, 4) is 16.9 Å². The number of nitrogens with zero attached hydrogens (tertiary/aromatic N) is 5. The highest BCUT2D eigenvalue weighted by Gasteiger charge is 2.48. The van der Waals surface area contributed by atoms with Gasteiger partial charge in [0.15, 0.2) is 0 Å². The Labute approximate surface area is 273 Å². The van der Waals surface area contributed by atoms with Crippen LogP contribution < -0.4 is 9.64 Å². The Balaban J connectivity index is 1.31. The number of anilines is 1. The van der Waals surface area contributed by atoms with Gasteiger partial charge >= 0.3 is 18.4 Å². The van der Waals surface area contributed by atoms with E-state index in [0.717, 1.165) is 44.6 Å². The fraction of sp³-hybridized carbons (Fsp3) is 0.515. The zero-order valence-corrected chi connectivity index (χ0v) is 26.4. The van der Waals surface area contributed by atoms with Gasteiger partial charge in [-0.1, -0.05) is 12.1 Å². The van der Waals surface area contributed by atoms with Crippen molar-refractivity contribution in [1.29, 1.82) is 0 Å². The van der Waals surface area contributed by atoms with Crippen LogP contribution in [-0.2, 0) is 22.5 Å². The van der Waals surface area contributed by atoms with Crippen LogP contribution in [0.15, 0.2) is 47.7 Å². The average Bonchev–Trinajstić information content (AvgIpc) is 3.25. The van der Waals surface area contributed by atoms with Crippen molar-refractivity contribution in [3.63, 3.8) is 0 Å². The van der Waals surface area contributed by atoms with Crippen LogP contribution in [0.3, 0.4) is 0 Å². The van der Waals surface area contributed by atoms with E-state index in [4.69, 9.17) is 14.5 Å². The van der Waals surface area contributed by atoms with Gasteiger partial charge < -0.3 is 19.3 Å². The molecule has 0 bridgehead atoms. The molecule has 1 aliphatic carbocycles. The summed E-state index contributed by atoms with van der Waals surface area (Å²) < 4.78 is 93.1. The van der Waals surface area contributed by atoms with Crippen molar-refractivity contribution in [1.82, 2.24) is 19.8 Å². The summed E-state index contributed by atoms with van der Waals surface area (Å²) in [6.45, 7) is 4.33. The van der Waals surface area contributed by atoms with E-state index < -0.39 is 48.5 Å². The lowest BCUT2D eigenvalue weighted by atomic mass is 9.86. The highest BCUT2D eigenvalue weighted by Crippen LogP contribution is 2.44. The second kappa shape index (κ2) is 13.0. The number of alkyl halides is 6. The fourth-order valence-electron chi connectivity index (χ4n) is 6.26. The first kappa shape index (κ1) is 33.6. The molecule has 4 heterocycles. The lowest BCUT2D eigenvalue weighted by molar-refractivity contribution is -0.166. The van der Waals surface area contributed by atoms with Crippen LogP contribution in [0, 0.1) is 5.92 Å². The van der Waals surface area contributed by atoms with Gasteiger partial charge in [-0.05, 0) is 62.0 Å². The highest BCUT2D eigenvalue weighted by atomic mass is 19.4.